The van der Waals surface area contributed by atoms with Gasteiger partial charge in [0.15, 0.2) is 0 Å². The number of halogens is 2. The fourth-order valence-corrected chi connectivity index (χ4v) is 2.98. The number of nitrogens with two attached hydrogens (primary N) is 1. The van der Waals surface area contributed by atoms with Crippen LogP contribution in [0.25, 0.3) is 11.1 Å². The van der Waals surface area contributed by atoms with Crippen molar-refractivity contribution >= 4 is 17.4 Å². The molecule has 0 spiro atoms. The maximum absolute atomic E-state index is 14.2. The van der Waals surface area contributed by atoms with E-state index in [1.165, 1.54) is 12.1 Å². The van der Waals surface area contributed by atoms with Crippen molar-refractivity contribution in [2.24, 2.45) is 0 Å². The van der Waals surface area contributed by atoms with E-state index >= 15 is 0 Å². The van der Waals surface area contributed by atoms with Crippen LogP contribution in [0.4, 0.5) is 10.2 Å². The highest BCUT2D eigenvalue weighted by atomic mass is 35.5. The molecule has 1 aliphatic rings. The summed E-state index contributed by atoms with van der Waals surface area (Å²) in [5.74, 6) is -0.309. The van der Waals surface area contributed by atoms with Crippen molar-refractivity contribution in [3.63, 3.8) is 0 Å². The first-order valence-corrected chi connectivity index (χ1v) is 6.67. The maximum atomic E-state index is 14.2. The minimum Gasteiger partial charge on any atom is -0.383 e. The third-order valence-electron chi connectivity index (χ3n) is 3.58. The normalized spacial score (nSPS) is 13.1. The molecule has 0 aliphatic heterocycles. The fourth-order valence-electron chi connectivity index (χ4n) is 2.73. The van der Waals surface area contributed by atoms with Crippen LogP contribution in [0.5, 0.6) is 0 Å². The van der Waals surface area contributed by atoms with Crippen LogP contribution in [0.1, 0.15) is 23.2 Å². The van der Waals surface area contributed by atoms with Gasteiger partial charge in [-0.15, -0.1) is 0 Å². The molecule has 0 unspecified atom stereocenters. The number of benzene rings is 1. The molecule has 1 aliphatic carbocycles. The van der Waals surface area contributed by atoms with E-state index in [2.05, 4.69) is 4.98 Å². The molecular weight excluding hydrogens is 277 g/mol. The molecule has 100 valence electrons. The summed E-state index contributed by atoms with van der Waals surface area (Å²) in [6, 6.07) is 6.52. The molecule has 2 N–H and O–H groups in total. The molecule has 0 amide bonds. The lowest BCUT2D eigenvalue weighted by Gasteiger charge is -2.14. The zero-order valence-electron chi connectivity index (χ0n) is 10.6. The van der Waals surface area contributed by atoms with E-state index in [4.69, 9.17) is 17.3 Å². The van der Waals surface area contributed by atoms with Crippen LogP contribution < -0.4 is 5.73 Å². The molecule has 0 radical (unpaired) electrons. The van der Waals surface area contributed by atoms with Gasteiger partial charge < -0.3 is 5.73 Å². The van der Waals surface area contributed by atoms with Crippen molar-refractivity contribution in [1.82, 2.24) is 4.98 Å². The molecule has 1 heterocycles. The van der Waals surface area contributed by atoms with Crippen LogP contribution in [0.2, 0.25) is 5.02 Å². The van der Waals surface area contributed by atoms with Crippen LogP contribution in [0.3, 0.4) is 0 Å². The highest BCUT2D eigenvalue weighted by Crippen LogP contribution is 2.40. The Morgan fingerprint density at radius 1 is 1.30 bits per heavy atom. The van der Waals surface area contributed by atoms with Gasteiger partial charge in [0, 0.05) is 16.8 Å². The van der Waals surface area contributed by atoms with E-state index in [9.17, 15) is 9.65 Å². The topological polar surface area (TPSA) is 62.7 Å². The second-order valence-electron chi connectivity index (χ2n) is 4.73. The van der Waals surface area contributed by atoms with Gasteiger partial charge in [-0.25, -0.2) is 9.37 Å². The van der Waals surface area contributed by atoms with Crippen LogP contribution in [0.15, 0.2) is 18.2 Å². The summed E-state index contributed by atoms with van der Waals surface area (Å²) in [6.45, 7) is 0. The molecule has 0 atom stereocenters. The molecular formula is C15H11ClFN3. The van der Waals surface area contributed by atoms with Crippen LogP contribution in [-0.4, -0.2) is 4.98 Å². The molecule has 0 fully saturated rings. The number of aryl methyl sites for hydroxylation is 1. The number of rotatable bonds is 1. The minimum atomic E-state index is -0.450. The van der Waals surface area contributed by atoms with E-state index < -0.39 is 5.82 Å². The first-order chi connectivity index (χ1) is 9.63. The number of aromatic nitrogens is 1. The number of nitriles is 1. The molecule has 1 aromatic carbocycles. The minimum absolute atomic E-state index is 0.141. The summed E-state index contributed by atoms with van der Waals surface area (Å²) < 4.78 is 14.2. The quantitative estimate of drug-likeness (QED) is 0.873. The van der Waals surface area contributed by atoms with Crippen molar-refractivity contribution in [3.05, 3.63) is 45.9 Å². The Bertz CT molecular complexity index is 729. The third-order valence-corrected chi connectivity index (χ3v) is 3.89. The Kier molecular flexibility index (Phi) is 3.07. The summed E-state index contributed by atoms with van der Waals surface area (Å²) in [5, 5.41) is 9.62. The number of fused-ring (bicyclic) bond motifs is 1. The number of hydrogen-bond acceptors (Lipinski definition) is 3. The molecule has 3 rings (SSSR count). The zero-order chi connectivity index (χ0) is 14.3. The molecule has 20 heavy (non-hydrogen) atoms. The summed E-state index contributed by atoms with van der Waals surface area (Å²) >= 11 is 6.14. The molecule has 5 heteroatoms. The molecule has 0 saturated heterocycles. The van der Waals surface area contributed by atoms with Crippen molar-refractivity contribution in [3.8, 4) is 17.2 Å². The lowest BCUT2D eigenvalue weighted by Crippen LogP contribution is -2.04. The van der Waals surface area contributed by atoms with E-state index in [0.717, 1.165) is 30.5 Å². The van der Waals surface area contributed by atoms with Gasteiger partial charge in [-0.1, -0.05) is 17.7 Å². The number of pyridine rings is 1. The van der Waals surface area contributed by atoms with Crippen molar-refractivity contribution in [2.75, 3.05) is 5.73 Å². The monoisotopic (exact) mass is 287 g/mol. The predicted molar refractivity (Wildman–Crippen MR) is 75.8 cm³/mol. The first-order valence-electron chi connectivity index (χ1n) is 6.29. The van der Waals surface area contributed by atoms with Gasteiger partial charge in [0.1, 0.15) is 23.3 Å². The average Bonchev–Trinajstić information content (AvgIpc) is 2.86. The highest BCUT2D eigenvalue weighted by Gasteiger charge is 2.26. The SMILES string of the molecule is N#Cc1c(N)nc2c(c1-c1c(F)cccc1Cl)CCC2. The van der Waals surface area contributed by atoms with E-state index in [-0.39, 0.29) is 22.0 Å². The van der Waals surface area contributed by atoms with Crippen LogP contribution in [0, 0.1) is 17.1 Å². The molecule has 1 aromatic heterocycles. The van der Waals surface area contributed by atoms with Gasteiger partial charge in [-0.2, -0.15) is 5.26 Å². The Balaban J connectivity index is 2.42. The van der Waals surface area contributed by atoms with Crippen LogP contribution in [-0.2, 0) is 12.8 Å². The number of nitrogen functional groups attached to an aromatic ring is 1. The highest BCUT2D eigenvalue weighted by molar-refractivity contribution is 6.33. The predicted octanol–water partition coefficient (Wildman–Crippen LogP) is 3.48. The van der Waals surface area contributed by atoms with Crippen LogP contribution >= 0.6 is 11.6 Å². The van der Waals surface area contributed by atoms with Gasteiger partial charge >= 0.3 is 0 Å². The molecule has 0 bridgehead atoms. The average molecular weight is 288 g/mol. The van der Waals surface area contributed by atoms with Crippen molar-refractivity contribution in [2.45, 2.75) is 19.3 Å². The van der Waals surface area contributed by atoms with Gasteiger partial charge in [0.2, 0.25) is 0 Å². The van der Waals surface area contributed by atoms with E-state index in [1.54, 1.807) is 6.07 Å². The number of anilines is 1. The Labute approximate surface area is 120 Å². The second-order valence-corrected chi connectivity index (χ2v) is 5.14. The largest absolute Gasteiger partial charge is 0.383 e. The zero-order valence-corrected chi connectivity index (χ0v) is 11.3. The van der Waals surface area contributed by atoms with E-state index in [0.29, 0.717) is 5.56 Å². The Hall–Kier alpha value is -2.12. The Morgan fingerprint density at radius 3 is 2.80 bits per heavy atom. The molecule has 2 aromatic rings. The number of nitrogens with zero attached hydrogens (tertiary/aromatic N) is 2. The molecule has 3 nitrogen and oxygen atoms in total. The summed E-state index contributed by atoms with van der Waals surface area (Å²) in [5.41, 5.74) is 8.54. The Morgan fingerprint density at radius 2 is 2.10 bits per heavy atom. The van der Waals surface area contributed by atoms with Gasteiger partial charge in [0.25, 0.3) is 0 Å². The number of hydrogen-bond donors (Lipinski definition) is 1. The second kappa shape index (κ2) is 4.77. The van der Waals surface area contributed by atoms with Crippen molar-refractivity contribution in [1.29, 1.82) is 5.26 Å². The standard InChI is InChI=1S/C15H11ClFN3/c16-10-4-2-5-11(17)14(10)13-8-3-1-6-12(8)20-15(19)9(13)7-18/h2,4-5H,1,3,6H2,(H2,19,20). The van der Waals surface area contributed by atoms with Gasteiger partial charge in [-0.05, 0) is 37.0 Å². The lowest BCUT2D eigenvalue weighted by atomic mass is 9.94. The van der Waals surface area contributed by atoms with Gasteiger partial charge in [-0.3, -0.25) is 0 Å². The summed E-state index contributed by atoms with van der Waals surface area (Å²) in [4.78, 5) is 4.26. The molecule has 0 saturated carbocycles. The van der Waals surface area contributed by atoms with Crippen molar-refractivity contribution < 1.29 is 4.39 Å². The van der Waals surface area contributed by atoms with E-state index in [1.807, 2.05) is 6.07 Å². The third kappa shape index (κ3) is 1.83. The van der Waals surface area contributed by atoms with Gasteiger partial charge in [0.05, 0.1) is 5.02 Å². The first kappa shape index (κ1) is 12.9. The fraction of sp³-hybridized carbons (Fsp3) is 0.200. The summed E-state index contributed by atoms with van der Waals surface area (Å²) in [7, 11) is 0. The smallest absolute Gasteiger partial charge is 0.142 e. The maximum Gasteiger partial charge on any atom is 0.142 e. The summed E-state index contributed by atoms with van der Waals surface area (Å²) in [6.07, 6.45) is 2.48. The lowest BCUT2D eigenvalue weighted by molar-refractivity contribution is 0.631.